The molecule has 4 aliphatic carbocycles. The van der Waals surface area contributed by atoms with Gasteiger partial charge in [0.2, 0.25) is 0 Å². The molecule has 4 rings (SSSR count). The molecule has 0 aromatic heterocycles. The minimum absolute atomic E-state index is 0.193. The number of aliphatic hydroxyl groups is 3. The highest BCUT2D eigenvalue weighted by Crippen LogP contribution is 2.68. The van der Waals surface area contributed by atoms with Gasteiger partial charge in [-0.15, -0.1) is 0 Å². The molecule has 0 saturated heterocycles. The van der Waals surface area contributed by atoms with Crippen LogP contribution >= 0.6 is 0 Å². The molecular formula is C27H46O5. The van der Waals surface area contributed by atoms with Crippen LogP contribution in [0.3, 0.4) is 0 Å². The Kier molecular flexibility index (Phi) is 6.77. The van der Waals surface area contributed by atoms with Crippen LogP contribution in [0.4, 0.5) is 0 Å². The zero-order valence-corrected chi connectivity index (χ0v) is 20.5. The maximum absolute atomic E-state index is 11.3. The summed E-state index contributed by atoms with van der Waals surface area (Å²) in [5, 5.41) is 41.1. The van der Waals surface area contributed by atoms with Crippen LogP contribution in [0.25, 0.3) is 0 Å². The van der Waals surface area contributed by atoms with Crippen molar-refractivity contribution in [3.63, 3.8) is 0 Å². The second-order valence-corrected chi connectivity index (χ2v) is 12.7. The van der Waals surface area contributed by atoms with Gasteiger partial charge in [-0.05, 0) is 117 Å². The molecule has 5 heteroatoms. The Bertz CT molecular complexity index is 696. The average molecular weight is 451 g/mol. The van der Waals surface area contributed by atoms with Crippen molar-refractivity contribution in [2.45, 2.75) is 110 Å². The Morgan fingerprint density at radius 1 is 0.938 bits per heavy atom. The van der Waals surface area contributed by atoms with Crippen molar-refractivity contribution in [2.75, 3.05) is 0 Å². The highest BCUT2D eigenvalue weighted by molar-refractivity contribution is 5.70. The molecule has 0 radical (unpaired) electrons. The first-order valence-electron chi connectivity index (χ1n) is 13.3. The van der Waals surface area contributed by atoms with E-state index in [4.69, 9.17) is 0 Å². The molecule has 5 nitrogen and oxygen atoms in total. The maximum atomic E-state index is 11.3. The van der Waals surface area contributed by atoms with Crippen molar-refractivity contribution in [2.24, 2.45) is 52.3 Å². The Morgan fingerprint density at radius 3 is 2.28 bits per heavy atom. The number of hydrogen-bond donors (Lipinski definition) is 4. The van der Waals surface area contributed by atoms with Gasteiger partial charge in [0, 0.05) is 0 Å². The molecule has 0 spiro atoms. The molecule has 4 aliphatic rings. The van der Waals surface area contributed by atoms with E-state index in [2.05, 4.69) is 20.8 Å². The lowest BCUT2D eigenvalue weighted by Crippen LogP contribution is -2.58. The van der Waals surface area contributed by atoms with Crippen LogP contribution in [0.2, 0.25) is 0 Å². The number of aliphatic hydroxyl groups excluding tert-OH is 3. The van der Waals surface area contributed by atoms with Gasteiger partial charge in [0.25, 0.3) is 0 Å². The van der Waals surface area contributed by atoms with E-state index >= 15 is 0 Å². The lowest BCUT2D eigenvalue weighted by atomic mass is 9.43. The Balaban J connectivity index is 1.47. The fraction of sp³-hybridized carbons (Fsp3) is 0.963. The van der Waals surface area contributed by atoms with Crippen molar-refractivity contribution in [3.05, 3.63) is 0 Å². The molecule has 4 N–H and O–H groups in total. The first kappa shape index (κ1) is 24.5. The predicted octanol–water partition coefficient (Wildman–Crippen LogP) is 4.47. The lowest BCUT2D eigenvalue weighted by molar-refractivity contribution is -0.174. The summed E-state index contributed by atoms with van der Waals surface area (Å²) in [4.78, 5) is 11.2. The molecular weight excluding hydrogens is 404 g/mol. The topological polar surface area (TPSA) is 98.0 Å². The van der Waals surface area contributed by atoms with Crippen molar-refractivity contribution in [1.29, 1.82) is 0 Å². The molecule has 0 heterocycles. The minimum Gasteiger partial charge on any atom is -0.481 e. The summed E-state index contributed by atoms with van der Waals surface area (Å²) in [6, 6.07) is 0. The predicted molar refractivity (Wildman–Crippen MR) is 124 cm³/mol. The van der Waals surface area contributed by atoms with Crippen LogP contribution in [-0.4, -0.2) is 44.7 Å². The second-order valence-electron chi connectivity index (χ2n) is 12.7. The highest BCUT2D eigenvalue weighted by Gasteiger charge is 2.62. The zero-order valence-electron chi connectivity index (χ0n) is 20.5. The zero-order chi connectivity index (χ0) is 23.4. The molecule has 0 bridgehead atoms. The van der Waals surface area contributed by atoms with Gasteiger partial charge in [-0.3, -0.25) is 4.79 Å². The first-order valence-corrected chi connectivity index (χ1v) is 13.3. The monoisotopic (exact) mass is 450 g/mol. The van der Waals surface area contributed by atoms with Crippen LogP contribution in [0, 0.1) is 52.3 Å². The Hall–Kier alpha value is -0.650. The van der Waals surface area contributed by atoms with Crippen LogP contribution in [0.5, 0.6) is 0 Å². The normalized spacial score (nSPS) is 48.8. The third-order valence-electron chi connectivity index (χ3n) is 11.3. The molecule has 0 aromatic rings. The number of fused-ring (bicyclic) bond motifs is 5. The van der Waals surface area contributed by atoms with E-state index in [1.165, 1.54) is 25.7 Å². The smallest absolute Gasteiger partial charge is 0.308 e. The lowest BCUT2D eigenvalue weighted by Gasteiger charge is -2.62. The average Bonchev–Trinajstić information content (AvgIpc) is 3.09. The van der Waals surface area contributed by atoms with Gasteiger partial charge in [-0.1, -0.05) is 20.8 Å². The number of carboxylic acid groups (broad SMARTS) is 1. The van der Waals surface area contributed by atoms with E-state index in [1.807, 2.05) is 0 Å². The molecule has 0 aliphatic heterocycles. The van der Waals surface area contributed by atoms with Crippen molar-refractivity contribution >= 4 is 5.97 Å². The molecule has 0 amide bonds. The summed E-state index contributed by atoms with van der Waals surface area (Å²) in [6.45, 7) is 8.80. The van der Waals surface area contributed by atoms with Gasteiger partial charge in [0.05, 0.1) is 24.2 Å². The van der Waals surface area contributed by atoms with Gasteiger partial charge < -0.3 is 20.4 Å². The summed E-state index contributed by atoms with van der Waals surface area (Å²) in [5.74, 6) is 1.32. The molecule has 184 valence electrons. The molecule has 1 unspecified atom stereocenters. The van der Waals surface area contributed by atoms with E-state index in [9.17, 15) is 25.2 Å². The Labute approximate surface area is 194 Å². The Morgan fingerprint density at radius 2 is 1.59 bits per heavy atom. The van der Waals surface area contributed by atoms with Gasteiger partial charge in [-0.25, -0.2) is 0 Å². The highest BCUT2D eigenvalue weighted by atomic mass is 16.4. The number of carbonyl (C=O) groups is 1. The quantitative estimate of drug-likeness (QED) is 0.478. The summed E-state index contributed by atoms with van der Waals surface area (Å²) >= 11 is 0. The van der Waals surface area contributed by atoms with Crippen molar-refractivity contribution in [3.8, 4) is 0 Å². The third kappa shape index (κ3) is 3.94. The molecule has 0 aromatic carbocycles. The SMILES string of the molecule is CC(CC[C@H](O)[C@H](C)C(=O)O)[C@H]1CC[C@H]2[C@@H]3[C@H](O)C[C@@H]4C[C@H](O)CC[C@]4(C)[C@H]3CC[C@]12C. The summed E-state index contributed by atoms with van der Waals surface area (Å²) in [6.07, 6.45) is 8.64. The fourth-order valence-corrected chi connectivity index (χ4v) is 9.22. The fourth-order valence-electron chi connectivity index (χ4n) is 9.22. The number of hydrogen-bond acceptors (Lipinski definition) is 4. The number of aliphatic carboxylic acids is 1. The number of rotatable bonds is 6. The van der Waals surface area contributed by atoms with Gasteiger partial charge in [0.1, 0.15) is 0 Å². The molecule has 4 saturated carbocycles. The van der Waals surface area contributed by atoms with E-state index < -0.39 is 18.0 Å². The largest absolute Gasteiger partial charge is 0.481 e. The number of carboxylic acids is 1. The van der Waals surface area contributed by atoms with E-state index in [0.717, 1.165) is 32.1 Å². The minimum atomic E-state index is -0.926. The molecule has 12 atom stereocenters. The van der Waals surface area contributed by atoms with E-state index in [-0.39, 0.29) is 23.0 Å². The van der Waals surface area contributed by atoms with Gasteiger partial charge in [-0.2, -0.15) is 0 Å². The van der Waals surface area contributed by atoms with Crippen LogP contribution in [-0.2, 0) is 4.79 Å². The summed E-state index contributed by atoms with van der Waals surface area (Å²) in [5.41, 5.74) is 0.480. The first-order chi connectivity index (χ1) is 15.0. The maximum Gasteiger partial charge on any atom is 0.308 e. The van der Waals surface area contributed by atoms with Gasteiger partial charge >= 0.3 is 5.97 Å². The second kappa shape index (κ2) is 8.85. The van der Waals surface area contributed by atoms with Crippen LogP contribution in [0.1, 0.15) is 91.9 Å². The molecule has 32 heavy (non-hydrogen) atoms. The van der Waals surface area contributed by atoms with Crippen molar-refractivity contribution in [1.82, 2.24) is 0 Å². The van der Waals surface area contributed by atoms with E-state index in [0.29, 0.717) is 41.9 Å². The van der Waals surface area contributed by atoms with Crippen LogP contribution < -0.4 is 0 Å². The van der Waals surface area contributed by atoms with Gasteiger partial charge in [0.15, 0.2) is 0 Å². The molecule has 4 fully saturated rings. The van der Waals surface area contributed by atoms with Crippen molar-refractivity contribution < 1.29 is 25.2 Å². The van der Waals surface area contributed by atoms with E-state index in [1.54, 1.807) is 6.92 Å². The van der Waals surface area contributed by atoms with Crippen LogP contribution in [0.15, 0.2) is 0 Å². The third-order valence-corrected chi connectivity index (χ3v) is 11.3. The standard InChI is InChI=1S/C27H46O5/c1-15(5-8-22(29)16(2)25(31)32)19-6-7-20-24-21(10-12-27(19,20)4)26(3)11-9-18(28)13-17(26)14-23(24)30/h15-24,28-30H,5-14H2,1-4H3,(H,31,32)/t15?,16-,17-,18+,19+,20-,21-,22-,23+,24-,26-,27+/m0/s1. The summed E-state index contributed by atoms with van der Waals surface area (Å²) < 4.78 is 0. The summed E-state index contributed by atoms with van der Waals surface area (Å²) in [7, 11) is 0.